The van der Waals surface area contributed by atoms with E-state index < -0.39 is 0 Å². The van der Waals surface area contributed by atoms with Gasteiger partial charge in [-0.3, -0.25) is 9.69 Å². The number of nitrogen functional groups attached to an aromatic ring is 1. The van der Waals surface area contributed by atoms with Crippen LogP contribution in [0.3, 0.4) is 0 Å². The first kappa shape index (κ1) is 17.9. The second kappa shape index (κ2) is 8.01. The fourth-order valence-electron chi connectivity index (χ4n) is 3.01. The molecule has 6 heteroatoms. The van der Waals surface area contributed by atoms with Crippen molar-refractivity contribution in [1.82, 2.24) is 14.3 Å². The average Bonchev–Trinajstić information content (AvgIpc) is 2.98. The molecule has 3 rings (SSSR count). The van der Waals surface area contributed by atoms with Crippen LogP contribution in [0.4, 0.5) is 5.69 Å². The predicted octanol–water partition coefficient (Wildman–Crippen LogP) is 2.65. The number of imidazole rings is 1. The zero-order valence-corrected chi connectivity index (χ0v) is 15.2. The molecule has 26 heavy (non-hydrogen) atoms. The van der Waals surface area contributed by atoms with Gasteiger partial charge in [-0.05, 0) is 24.2 Å². The van der Waals surface area contributed by atoms with Crippen molar-refractivity contribution >= 4 is 17.3 Å². The molecule has 0 aliphatic heterocycles. The Kier molecular flexibility index (Phi) is 5.53. The van der Waals surface area contributed by atoms with Gasteiger partial charge in [0.05, 0.1) is 24.9 Å². The Balaban J connectivity index is 1.93. The number of esters is 1. The number of nitrogens with zero attached hydrogens (tertiary/aromatic N) is 3. The molecular weight excluding hydrogens is 328 g/mol. The summed E-state index contributed by atoms with van der Waals surface area (Å²) >= 11 is 0. The van der Waals surface area contributed by atoms with E-state index in [9.17, 15) is 4.79 Å². The summed E-state index contributed by atoms with van der Waals surface area (Å²) in [6.07, 6.45) is 2.01. The van der Waals surface area contributed by atoms with Crippen LogP contribution in [0.5, 0.6) is 0 Å². The SMILES string of the molecule is CCN(Cc1ccccc1)Cc1c(CC(=O)OC)nc2ccc(N)cn12. The summed E-state index contributed by atoms with van der Waals surface area (Å²) in [5, 5.41) is 0. The topological polar surface area (TPSA) is 72.9 Å². The van der Waals surface area contributed by atoms with Crippen molar-refractivity contribution in [2.75, 3.05) is 19.4 Å². The van der Waals surface area contributed by atoms with Gasteiger partial charge in [-0.15, -0.1) is 0 Å². The number of nitrogens with two attached hydrogens (primary N) is 1. The highest BCUT2D eigenvalue weighted by Crippen LogP contribution is 2.19. The third kappa shape index (κ3) is 4.03. The smallest absolute Gasteiger partial charge is 0.311 e. The highest BCUT2D eigenvalue weighted by atomic mass is 16.5. The van der Waals surface area contributed by atoms with Crippen LogP contribution < -0.4 is 5.73 Å². The summed E-state index contributed by atoms with van der Waals surface area (Å²) in [7, 11) is 1.39. The van der Waals surface area contributed by atoms with Gasteiger partial charge in [-0.25, -0.2) is 4.98 Å². The second-order valence-corrected chi connectivity index (χ2v) is 6.24. The molecule has 0 amide bonds. The summed E-state index contributed by atoms with van der Waals surface area (Å²) in [5.41, 5.74) is 10.3. The lowest BCUT2D eigenvalue weighted by Crippen LogP contribution is -2.24. The zero-order valence-electron chi connectivity index (χ0n) is 15.2. The molecule has 0 fully saturated rings. The van der Waals surface area contributed by atoms with Crippen LogP contribution in [0.2, 0.25) is 0 Å². The first-order valence-corrected chi connectivity index (χ1v) is 8.69. The average molecular weight is 352 g/mol. The van der Waals surface area contributed by atoms with Crippen LogP contribution in [0, 0.1) is 0 Å². The summed E-state index contributed by atoms with van der Waals surface area (Å²) in [4.78, 5) is 18.7. The maximum absolute atomic E-state index is 11.8. The number of aromatic nitrogens is 2. The molecular formula is C20H24N4O2. The highest BCUT2D eigenvalue weighted by molar-refractivity contribution is 5.72. The summed E-state index contributed by atoms with van der Waals surface area (Å²) < 4.78 is 6.80. The third-order valence-electron chi connectivity index (χ3n) is 4.43. The highest BCUT2D eigenvalue weighted by Gasteiger charge is 2.18. The van der Waals surface area contributed by atoms with E-state index in [0.717, 1.165) is 30.1 Å². The minimum atomic E-state index is -0.297. The number of benzene rings is 1. The van der Waals surface area contributed by atoms with Crippen LogP contribution >= 0.6 is 0 Å². The molecule has 0 bridgehead atoms. The van der Waals surface area contributed by atoms with Crippen LogP contribution in [0.15, 0.2) is 48.7 Å². The second-order valence-electron chi connectivity index (χ2n) is 6.24. The molecule has 0 atom stereocenters. The Labute approximate surface area is 153 Å². The van der Waals surface area contributed by atoms with E-state index in [4.69, 9.17) is 10.5 Å². The van der Waals surface area contributed by atoms with Crippen molar-refractivity contribution in [1.29, 1.82) is 0 Å². The van der Waals surface area contributed by atoms with Gasteiger partial charge in [-0.1, -0.05) is 37.3 Å². The van der Waals surface area contributed by atoms with Crippen molar-refractivity contribution in [3.8, 4) is 0 Å². The lowest BCUT2D eigenvalue weighted by Gasteiger charge is -2.21. The van der Waals surface area contributed by atoms with Crippen molar-refractivity contribution in [3.05, 3.63) is 65.6 Å². The largest absolute Gasteiger partial charge is 0.469 e. The quantitative estimate of drug-likeness (QED) is 0.662. The van der Waals surface area contributed by atoms with E-state index >= 15 is 0 Å². The minimum absolute atomic E-state index is 0.149. The van der Waals surface area contributed by atoms with Gasteiger partial charge in [0.1, 0.15) is 5.65 Å². The van der Waals surface area contributed by atoms with E-state index in [1.165, 1.54) is 12.7 Å². The number of anilines is 1. The molecule has 0 spiro atoms. The van der Waals surface area contributed by atoms with Crippen LogP contribution in [-0.4, -0.2) is 33.9 Å². The molecule has 2 heterocycles. The maximum atomic E-state index is 11.8. The standard InChI is InChI=1S/C20H24N4O2/c1-3-23(12-15-7-5-4-6-8-15)14-18-17(11-20(25)26-2)22-19-10-9-16(21)13-24(18)19/h4-10,13H,3,11-12,14,21H2,1-2H3. The molecule has 0 saturated carbocycles. The molecule has 0 radical (unpaired) electrons. The Hall–Kier alpha value is -2.86. The fraction of sp³-hybridized carbons (Fsp3) is 0.300. The molecule has 0 saturated heterocycles. The van der Waals surface area contributed by atoms with Crippen LogP contribution in [0.25, 0.3) is 5.65 Å². The number of rotatable bonds is 7. The van der Waals surface area contributed by atoms with Crippen LogP contribution in [-0.2, 0) is 29.0 Å². The van der Waals surface area contributed by atoms with Crippen molar-refractivity contribution in [3.63, 3.8) is 0 Å². The normalized spacial score (nSPS) is 11.2. The minimum Gasteiger partial charge on any atom is -0.469 e. The van der Waals surface area contributed by atoms with Gasteiger partial charge in [0.25, 0.3) is 0 Å². The molecule has 136 valence electrons. The predicted molar refractivity (Wildman–Crippen MR) is 102 cm³/mol. The van der Waals surface area contributed by atoms with Gasteiger partial charge < -0.3 is 14.9 Å². The molecule has 6 nitrogen and oxygen atoms in total. The van der Waals surface area contributed by atoms with Crippen molar-refractivity contribution < 1.29 is 9.53 Å². The molecule has 0 aliphatic carbocycles. The third-order valence-corrected chi connectivity index (χ3v) is 4.43. The van der Waals surface area contributed by atoms with Crippen molar-refractivity contribution in [2.24, 2.45) is 0 Å². The number of carbonyl (C=O) groups is 1. The zero-order chi connectivity index (χ0) is 18.5. The first-order chi connectivity index (χ1) is 12.6. The summed E-state index contributed by atoms with van der Waals surface area (Å²) in [6, 6.07) is 14.0. The molecule has 3 aromatic rings. The van der Waals surface area contributed by atoms with E-state index in [2.05, 4.69) is 28.9 Å². The maximum Gasteiger partial charge on any atom is 0.311 e. The van der Waals surface area contributed by atoms with Gasteiger partial charge in [-0.2, -0.15) is 0 Å². The van der Waals surface area contributed by atoms with Crippen LogP contribution in [0.1, 0.15) is 23.9 Å². The number of hydrogen-bond acceptors (Lipinski definition) is 5. The number of fused-ring (bicyclic) bond motifs is 1. The number of carbonyl (C=O) groups excluding carboxylic acids is 1. The van der Waals surface area contributed by atoms with Gasteiger partial charge >= 0.3 is 5.97 Å². The Morgan fingerprint density at radius 1 is 1.19 bits per heavy atom. The Bertz CT molecular complexity index is 889. The molecule has 2 aromatic heterocycles. The van der Waals surface area contributed by atoms with Gasteiger partial charge in [0.15, 0.2) is 0 Å². The summed E-state index contributed by atoms with van der Waals surface area (Å²) in [5.74, 6) is -0.297. The molecule has 0 aliphatic rings. The van der Waals surface area contributed by atoms with E-state index in [1.54, 1.807) is 0 Å². The van der Waals surface area contributed by atoms with Gasteiger partial charge in [0, 0.05) is 25.0 Å². The number of ether oxygens (including phenoxy) is 1. The molecule has 2 N–H and O–H groups in total. The first-order valence-electron chi connectivity index (χ1n) is 8.69. The lowest BCUT2D eigenvalue weighted by atomic mass is 10.2. The number of hydrogen-bond donors (Lipinski definition) is 1. The Morgan fingerprint density at radius 2 is 1.96 bits per heavy atom. The summed E-state index contributed by atoms with van der Waals surface area (Å²) in [6.45, 7) is 4.50. The van der Waals surface area contributed by atoms with Gasteiger partial charge in [0.2, 0.25) is 0 Å². The number of pyridine rings is 1. The monoisotopic (exact) mass is 352 g/mol. The fourth-order valence-corrected chi connectivity index (χ4v) is 3.01. The van der Waals surface area contributed by atoms with E-state index in [0.29, 0.717) is 12.2 Å². The molecule has 1 aromatic carbocycles. The molecule has 0 unspecified atom stereocenters. The van der Waals surface area contributed by atoms with E-state index in [-0.39, 0.29) is 12.4 Å². The Morgan fingerprint density at radius 3 is 2.65 bits per heavy atom. The number of methoxy groups -OCH3 is 1. The lowest BCUT2D eigenvalue weighted by molar-refractivity contribution is -0.139. The van der Waals surface area contributed by atoms with Crippen molar-refractivity contribution in [2.45, 2.75) is 26.4 Å². The van der Waals surface area contributed by atoms with E-state index in [1.807, 2.05) is 40.9 Å².